The average Bonchev–Trinajstić information content (AvgIpc) is 3.28. The summed E-state index contributed by atoms with van der Waals surface area (Å²) in [6.45, 7) is 2.14. The lowest BCUT2D eigenvalue weighted by atomic mass is 9.84. The van der Waals surface area contributed by atoms with Crippen molar-refractivity contribution in [3.63, 3.8) is 0 Å². The maximum absolute atomic E-state index is 12.3. The second kappa shape index (κ2) is 8.02. The average molecular weight is 359 g/mol. The van der Waals surface area contributed by atoms with Gasteiger partial charge >= 0.3 is 0 Å². The standard InChI is InChI=1S/C21H29NO4/c1-13(17-10-14-5-7-16(17)9-14)22-20(23)8-6-15-11-18(24-2)21(26-4)19(12-15)25-3/h6,8,11-14,16-17H,5,7,9-10H2,1-4H3,(H,22,23)/b8-6-/t13-,14+,16+,17-/m1/s1. The molecule has 5 nitrogen and oxygen atoms in total. The van der Waals surface area contributed by atoms with Gasteiger partial charge in [0.1, 0.15) is 0 Å². The molecule has 0 radical (unpaired) electrons. The SMILES string of the molecule is COc1cc(/C=C\C(=O)N[C@H](C)[C@H]2C[C@H]3CC[C@H]2C3)cc(OC)c1OC. The largest absolute Gasteiger partial charge is 0.493 e. The van der Waals surface area contributed by atoms with Crippen LogP contribution in [0.1, 0.15) is 38.2 Å². The van der Waals surface area contributed by atoms with Crippen molar-refractivity contribution in [1.82, 2.24) is 5.32 Å². The molecule has 2 aliphatic rings. The first kappa shape index (κ1) is 18.6. The van der Waals surface area contributed by atoms with Gasteiger partial charge in [0.05, 0.1) is 21.3 Å². The van der Waals surface area contributed by atoms with Crippen LogP contribution in [0.3, 0.4) is 0 Å². The number of carbonyl (C=O) groups excluding carboxylic acids is 1. The predicted molar refractivity (Wildman–Crippen MR) is 102 cm³/mol. The highest BCUT2D eigenvalue weighted by Gasteiger charge is 2.41. The fraction of sp³-hybridized carbons (Fsp3) is 0.571. The second-order valence-corrected chi connectivity index (χ2v) is 7.43. The molecule has 4 atom stereocenters. The van der Waals surface area contributed by atoms with E-state index in [9.17, 15) is 4.79 Å². The van der Waals surface area contributed by atoms with E-state index >= 15 is 0 Å². The Morgan fingerprint density at radius 3 is 2.31 bits per heavy atom. The van der Waals surface area contributed by atoms with E-state index in [1.807, 2.05) is 12.1 Å². The third-order valence-corrected chi connectivity index (χ3v) is 5.92. The fourth-order valence-corrected chi connectivity index (χ4v) is 4.66. The van der Waals surface area contributed by atoms with Crippen LogP contribution in [-0.2, 0) is 4.79 Å². The lowest BCUT2D eigenvalue weighted by Crippen LogP contribution is -2.39. The third kappa shape index (κ3) is 3.81. The Labute approximate surface area is 155 Å². The van der Waals surface area contributed by atoms with Gasteiger partial charge in [-0.2, -0.15) is 0 Å². The molecule has 3 rings (SSSR count). The van der Waals surface area contributed by atoms with Crippen LogP contribution >= 0.6 is 0 Å². The first-order valence-electron chi connectivity index (χ1n) is 9.34. The van der Waals surface area contributed by atoms with E-state index in [0.717, 1.165) is 17.4 Å². The lowest BCUT2D eigenvalue weighted by molar-refractivity contribution is -0.117. The second-order valence-electron chi connectivity index (χ2n) is 7.43. The number of nitrogens with one attached hydrogen (secondary N) is 1. The summed E-state index contributed by atoms with van der Waals surface area (Å²) < 4.78 is 16.0. The fourth-order valence-electron chi connectivity index (χ4n) is 4.66. The Balaban J connectivity index is 1.64. The van der Waals surface area contributed by atoms with Crippen LogP contribution in [0.15, 0.2) is 18.2 Å². The molecule has 0 saturated heterocycles. The van der Waals surface area contributed by atoms with Gasteiger partial charge in [0.25, 0.3) is 0 Å². The quantitative estimate of drug-likeness (QED) is 0.755. The monoisotopic (exact) mass is 359 g/mol. The molecule has 142 valence electrons. The molecule has 1 N–H and O–H groups in total. The molecule has 1 amide bonds. The van der Waals surface area contributed by atoms with E-state index in [-0.39, 0.29) is 11.9 Å². The Morgan fingerprint density at radius 1 is 1.12 bits per heavy atom. The Kier molecular flexibility index (Phi) is 5.74. The minimum absolute atomic E-state index is 0.0611. The van der Waals surface area contributed by atoms with E-state index < -0.39 is 0 Å². The molecule has 2 aliphatic carbocycles. The molecule has 0 spiro atoms. The number of ether oxygens (including phenoxy) is 3. The summed E-state index contributed by atoms with van der Waals surface area (Å²) >= 11 is 0. The van der Waals surface area contributed by atoms with Gasteiger partial charge in [0.15, 0.2) is 11.5 Å². The van der Waals surface area contributed by atoms with Gasteiger partial charge in [-0.15, -0.1) is 0 Å². The first-order valence-corrected chi connectivity index (χ1v) is 9.34. The molecular formula is C21H29NO4. The molecule has 0 heterocycles. The van der Waals surface area contributed by atoms with Crippen molar-refractivity contribution in [2.45, 2.75) is 38.6 Å². The zero-order valence-electron chi connectivity index (χ0n) is 16.1. The number of benzene rings is 1. The van der Waals surface area contributed by atoms with Gasteiger partial charge in [0.2, 0.25) is 11.7 Å². The maximum Gasteiger partial charge on any atom is 0.244 e. The van der Waals surface area contributed by atoms with Gasteiger partial charge in [-0.25, -0.2) is 0 Å². The molecule has 1 aromatic carbocycles. The number of carbonyl (C=O) groups is 1. The molecule has 2 saturated carbocycles. The molecular weight excluding hydrogens is 330 g/mol. The number of rotatable bonds is 7. The van der Waals surface area contributed by atoms with Gasteiger partial charge in [-0.3, -0.25) is 4.79 Å². The summed E-state index contributed by atoms with van der Waals surface area (Å²) in [7, 11) is 4.73. The maximum atomic E-state index is 12.3. The van der Waals surface area contributed by atoms with E-state index in [0.29, 0.717) is 23.2 Å². The molecule has 2 fully saturated rings. The summed E-state index contributed by atoms with van der Waals surface area (Å²) in [4.78, 5) is 12.3. The zero-order chi connectivity index (χ0) is 18.7. The predicted octanol–water partition coefficient (Wildman–Crippen LogP) is 3.67. The number of fused-ring (bicyclic) bond motifs is 2. The van der Waals surface area contributed by atoms with Crippen LogP contribution in [0.5, 0.6) is 17.2 Å². The Bertz CT molecular complexity index is 660. The molecule has 0 unspecified atom stereocenters. The van der Waals surface area contributed by atoms with Crippen molar-refractivity contribution in [3.8, 4) is 17.2 Å². The van der Waals surface area contributed by atoms with Crippen LogP contribution in [0, 0.1) is 17.8 Å². The summed E-state index contributed by atoms with van der Waals surface area (Å²) in [6.07, 6.45) is 8.67. The smallest absolute Gasteiger partial charge is 0.244 e. The normalized spacial score (nSPS) is 25.3. The highest BCUT2D eigenvalue weighted by atomic mass is 16.5. The summed E-state index contributed by atoms with van der Waals surface area (Å²) in [5.41, 5.74) is 0.822. The highest BCUT2D eigenvalue weighted by molar-refractivity contribution is 5.92. The molecule has 0 aliphatic heterocycles. The van der Waals surface area contributed by atoms with Crippen LogP contribution in [0.25, 0.3) is 6.08 Å². The number of hydrogen-bond acceptors (Lipinski definition) is 4. The topological polar surface area (TPSA) is 56.8 Å². The van der Waals surface area contributed by atoms with E-state index in [2.05, 4.69) is 12.2 Å². The third-order valence-electron chi connectivity index (χ3n) is 5.92. The van der Waals surface area contributed by atoms with Gasteiger partial charge in [-0.05, 0) is 67.7 Å². The zero-order valence-corrected chi connectivity index (χ0v) is 16.1. The van der Waals surface area contributed by atoms with Crippen molar-refractivity contribution < 1.29 is 19.0 Å². The summed E-state index contributed by atoms with van der Waals surface area (Å²) in [6, 6.07) is 3.87. The van der Waals surface area contributed by atoms with E-state index in [4.69, 9.17) is 14.2 Å². The van der Waals surface area contributed by atoms with Crippen LogP contribution in [0.4, 0.5) is 0 Å². The van der Waals surface area contributed by atoms with E-state index in [1.165, 1.54) is 25.7 Å². The number of methoxy groups -OCH3 is 3. The van der Waals surface area contributed by atoms with Gasteiger partial charge in [-0.1, -0.05) is 6.42 Å². The molecule has 1 aromatic rings. The number of hydrogen-bond donors (Lipinski definition) is 1. The van der Waals surface area contributed by atoms with Crippen LogP contribution in [0.2, 0.25) is 0 Å². The summed E-state index contributed by atoms with van der Waals surface area (Å²) in [5, 5.41) is 3.14. The molecule has 0 aromatic heterocycles. The van der Waals surface area contributed by atoms with Gasteiger partial charge in [0, 0.05) is 12.1 Å². The first-order chi connectivity index (χ1) is 12.5. The minimum Gasteiger partial charge on any atom is -0.493 e. The van der Waals surface area contributed by atoms with Crippen molar-refractivity contribution in [3.05, 3.63) is 23.8 Å². The van der Waals surface area contributed by atoms with Crippen molar-refractivity contribution in [1.29, 1.82) is 0 Å². The van der Waals surface area contributed by atoms with Gasteiger partial charge < -0.3 is 19.5 Å². The number of amides is 1. The van der Waals surface area contributed by atoms with Crippen molar-refractivity contribution in [2.75, 3.05) is 21.3 Å². The molecule has 5 heteroatoms. The Morgan fingerprint density at radius 2 is 1.81 bits per heavy atom. The van der Waals surface area contributed by atoms with Crippen molar-refractivity contribution in [2.24, 2.45) is 17.8 Å². The van der Waals surface area contributed by atoms with Crippen LogP contribution in [-0.4, -0.2) is 33.3 Å². The lowest BCUT2D eigenvalue weighted by Gasteiger charge is -2.28. The minimum atomic E-state index is -0.0611. The summed E-state index contributed by atoms with van der Waals surface area (Å²) in [5.74, 6) is 3.95. The highest BCUT2D eigenvalue weighted by Crippen LogP contribution is 2.49. The van der Waals surface area contributed by atoms with Crippen LogP contribution < -0.4 is 19.5 Å². The van der Waals surface area contributed by atoms with Crippen molar-refractivity contribution >= 4 is 12.0 Å². The molecule has 2 bridgehead atoms. The Hall–Kier alpha value is -2.17. The van der Waals surface area contributed by atoms with E-state index in [1.54, 1.807) is 33.5 Å². The molecule has 26 heavy (non-hydrogen) atoms.